The number of hydrogen-bond donors (Lipinski definition) is 1. The van der Waals surface area contributed by atoms with E-state index in [1.54, 1.807) is 0 Å². The summed E-state index contributed by atoms with van der Waals surface area (Å²) in [5, 5.41) is 3.42. The minimum Gasteiger partial charge on any atom is -0.316 e. The first-order valence-electron chi connectivity index (χ1n) is 8.88. The predicted octanol–water partition coefficient (Wildman–Crippen LogP) is 1.29. The van der Waals surface area contributed by atoms with Gasteiger partial charge in [0.2, 0.25) is 0 Å². The molecule has 4 atom stereocenters. The van der Waals surface area contributed by atoms with E-state index < -0.39 is 19.7 Å². The molecule has 4 unspecified atom stereocenters. The van der Waals surface area contributed by atoms with Crippen molar-refractivity contribution in [1.82, 2.24) is 5.32 Å². The van der Waals surface area contributed by atoms with Crippen molar-refractivity contribution in [3.63, 3.8) is 0 Å². The van der Waals surface area contributed by atoms with Gasteiger partial charge in [0.05, 0.1) is 22.0 Å². The Morgan fingerprint density at radius 3 is 1.61 bits per heavy atom. The highest BCUT2D eigenvalue weighted by atomic mass is 32.2. The average Bonchev–Trinajstić information content (AvgIpc) is 3.05. The highest BCUT2D eigenvalue weighted by Crippen LogP contribution is 2.50. The number of fused-ring (bicyclic) bond motifs is 4. The molecule has 23 heavy (non-hydrogen) atoms. The summed E-state index contributed by atoms with van der Waals surface area (Å²) in [6.07, 6.45) is 6.94. The van der Waals surface area contributed by atoms with E-state index in [-0.39, 0.29) is 21.3 Å². The lowest BCUT2D eigenvalue weighted by atomic mass is 9.80. The fourth-order valence-electron chi connectivity index (χ4n) is 5.52. The molecule has 4 fully saturated rings. The zero-order chi connectivity index (χ0) is 16.3. The van der Waals surface area contributed by atoms with Crippen LogP contribution in [0.5, 0.6) is 0 Å². The molecule has 2 saturated carbocycles. The van der Waals surface area contributed by atoms with Crippen LogP contribution in [0.4, 0.5) is 0 Å². The van der Waals surface area contributed by atoms with Gasteiger partial charge in [-0.05, 0) is 62.2 Å². The summed E-state index contributed by atoms with van der Waals surface area (Å²) < 4.78 is 48.0. The van der Waals surface area contributed by atoms with Crippen LogP contribution in [-0.4, -0.2) is 51.9 Å². The fraction of sp³-hybridized carbons (Fsp3) is 1.00. The van der Waals surface area contributed by atoms with Crippen LogP contribution in [0.1, 0.15) is 51.4 Å². The molecule has 7 heteroatoms. The lowest BCUT2D eigenvalue weighted by Crippen LogP contribution is -2.44. The van der Waals surface area contributed by atoms with Crippen molar-refractivity contribution < 1.29 is 16.8 Å². The molecule has 4 rings (SSSR count). The van der Waals surface area contributed by atoms with E-state index in [9.17, 15) is 16.8 Å². The summed E-state index contributed by atoms with van der Waals surface area (Å²) in [6.45, 7) is 1.80. The van der Waals surface area contributed by atoms with Crippen molar-refractivity contribution in [2.45, 2.75) is 61.9 Å². The van der Waals surface area contributed by atoms with Crippen molar-refractivity contribution in [3.05, 3.63) is 0 Å². The van der Waals surface area contributed by atoms with Crippen LogP contribution in [0.25, 0.3) is 0 Å². The maximum atomic E-state index is 12.0. The van der Waals surface area contributed by atoms with Gasteiger partial charge in [-0.2, -0.15) is 0 Å². The number of hydrogen-bond acceptors (Lipinski definition) is 5. The first-order valence-corrected chi connectivity index (χ1v) is 12.3. The van der Waals surface area contributed by atoms with Gasteiger partial charge < -0.3 is 5.32 Å². The van der Waals surface area contributed by atoms with Crippen molar-refractivity contribution in [2.75, 3.05) is 24.6 Å². The molecule has 0 amide bonds. The molecule has 0 radical (unpaired) electrons. The van der Waals surface area contributed by atoms with Gasteiger partial charge in [-0.3, -0.25) is 0 Å². The monoisotopic (exact) mass is 361 g/mol. The van der Waals surface area contributed by atoms with Crippen LogP contribution >= 0.6 is 0 Å². The molecule has 0 spiro atoms. The Morgan fingerprint density at radius 2 is 1.17 bits per heavy atom. The molecule has 0 aromatic carbocycles. The zero-order valence-corrected chi connectivity index (χ0v) is 15.2. The summed E-state index contributed by atoms with van der Waals surface area (Å²) in [5.74, 6) is 0.704. The quantitative estimate of drug-likeness (QED) is 0.816. The van der Waals surface area contributed by atoms with Crippen LogP contribution in [0.15, 0.2) is 0 Å². The Labute approximate surface area is 139 Å². The minimum absolute atomic E-state index is 0.105. The Kier molecular flexibility index (Phi) is 3.68. The highest BCUT2D eigenvalue weighted by Gasteiger charge is 2.51. The van der Waals surface area contributed by atoms with Gasteiger partial charge in [0.1, 0.15) is 0 Å². The lowest BCUT2D eigenvalue weighted by molar-refractivity contribution is 0.216. The molecule has 0 aromatic rings. The molecular weight excluding hydrogens is 334 g/mol. The third-order valence-corrected chi connectivity index (χ3v) is 11.5. The van der Waals surface area contributed by atoms with Gasteiger partial charge in [-0.25, -0.2) is 16.8 Å². The van der Waals surface area contributed by atoms with Crippen LogP contribution in [-0.2, 0) is 19.7 Å². The standard InChI is InChI=1S/C16H27NO4S2/c18-22(19)7-5-15(3-1-13(22)9-15)11-17-12-16-4-2-14(10-16)23(20,21)8-6-16/h13-14,17H,1-12H2. The third-order valence-electron chi connectivity index (χ3n) is 7.16. The SMILES string of the molecule is O=S1(=O)CCC2(CNCC34CCC(C3)S(=O)(=O)CC4)CCC1C2. The summed E-state index contributed by atoms with van der Waals surface area (Å²) >= 11 is 0. The molecule has 2 saturated heterocycles. The van der Waals surface area contributed by atoms with E-state index in [0.717, 1.165) is 64.5 Å². The summed E-state index contributed by atoms with van der Waals surface area (Å²) in [7, 11) is -5.67. The predicted molar refractivity (Wildman–Crippen MR) is 89.8 cm³/mol. The number of rotatable bonds is 4. The lowest BCUT2D eigenvalue weighted by Gasteiger charge is -2.37. The second kappa shape index (κ2) is 5.18. The van der Waals surface area contributed by atoms with Crippen LogP contribution in [0.3, 0.4) is 0 Å². The molecule has 2 aliphatic carbocycles. The van der Waals surface area contributed by atoms with Crippen LogP contribution < -0.4 is 5.32 Å². The third kappa shape index (κ3) is 2.76. The van der Waals surface area contributed by atoms with Crippen molar-refractivity contribution in [2.24, 2.45) is 10.8 Å². The van der Waals surface area contributed by atoms with Crippen LogP contribution in [0.2, 0.25) is 0 Å². The molecule has 4 aliphatic rings. The molecule has 2 aliphatic heterocycles. The van der Waals surface area contributed by atoms with E-state index >= 15 is 0 Å². The van der Waals surface area contributed by atoms with E-state index in [1.807, 2.05) is 0 Å². The van der Waals surface area contributed by atoms with Gasteiger partial charge in [0, 0.05) is 13.1 Å². The summed E-state index contributed by atoms with van der Waals surface area (Å²) in [6, 6.07) is 0. The van der Waals surface area contributed by atoms with E-state index in [1.165, 1.54) is 0 Å². The van der Waals surface area contributed by atoms with Gasteiger partial charge >= 0.3 is 0 Å². The molecule has 0 aromatic heterocycles. The smallest absolute Gasteiger partial charge is 0.153 e. The molecule has 2 heterocycles. The zero-order valence-electron chi connectivity index (χ0n) is 13.6. The maximum Gasteiger partial charge on any atom is 0.153 e. The molecular formula is C16H27NO4S2. The average molecular weight is 362 g/mol. The minimum atomic E-state index is -2.83. The Morgan fingerprint density at radius 1 is 0.739 bits per heavy atom. The molecule has 5 nitrogen and oxygen atoms in total. The van der Waals surface area contributed by atoms with Gasteiger partial charge in [0.25, 0.3) is 0 Å². The Bertz CT molecular complexity index is 642. The van der Waals surface area contributed by atoms with Crippen molar-refractivity contribution in [1.29, 1.82) is 0 Å². The Hall–Kier alpha value is -0.140. The second-order valence-corrected chi connectivity index (χ2v) is 13.4. The first kappa shape index (κ1) is 16.3. The second-order valence-electron chi connectivity index (χ2n) is 8.57. The topological polar surface area (TPSA) is 80.3 Å². The van der Waals surface area contributed by atoms with Gasteiger partial charge in [-0.1, -0.05) is 0 Å². The van der Waals surface area contributed by atoms with Crippen molar-refractivity contribution in [3.8, 4) is 0 Å². The summed E-state index contributed by atoms with van der Waals surface area (Å²) in [5.41, 5.74) is 0.344. The molecule has 1 N–H and O–H groups in total. The number of nitrogens with one attached hydrogen (secondary N) is 1. The molecule has 4 bridgehead atoms. The maximum absolute atomic E-state index is 12.0. The van der Waals surface area contributed by atoms with Gasteiger partial charge in [0.15, 0.2) is 19.7 Å². The van der Waals surface area contributed by atoms with Crippen LogP contribution in [0, 0.1) is 10.8 Å². The first-order chi connectivity index (χ1) is 10.7. The fourth-order valence-corrected chi connectivity index (χ4v) is 9.79. The molecule has 132 valence electrons. The highest BCUT2D eigenvalue weighted by molar-refractivity contribution is 7.92. The van der Waals surface area contributed by atoms with E-state index in [2.05, 4.69) is 5.32 Å². The van der Waals surface area contributed by atoms with Gasteiger partial charge in [-0.15, -0.1) is 0 Å². The largest absolute Gasteiger partial charge is 0.316 e. The van der Waals surface area contributed by atoms with Crippen molar-refractivity contribution >= 4 is 19.7 Å². The van der Waals surface area contributed by atoms with E-state index in [4.69, 9.17) is 0 Å². The number of sulfone groups is 2. The Balaban J connectivity index is 1.35. The van der Waals surface area contributed by atoms with E-state index in [0.29, 0.717) is 11.5 Å². The normalized spacial score (nSPS) is 46.8. The summed E-state index contributed by atoms with van der Waals surface area (Å²) in [4.78, 5) is 0.